The first kappa shape index (κ1) is 19.8. The lowest BCUT2D eigenvalue weighted by molar-refractivity contribution is -0.160. The normalized spacial score (nSPS) is 27.1. The predicted molar refractivity (Wildman–Crippen MR) is 100 cm³/mol. The topological polar surface area (TPSA) is 56.6 Å². The van der Waals surface area contributed by atoms with E-state index in [1.807, 2.05) is 38.6 Å². The second-order valence-electron chi connectivity index (χ2n) is 9.36. The molecule has 4 rings (SSSR count). The number of rotatable bonds is 3. The Kier molecular flexibility index (Phi) is 4.62. The summed E-state index contributed by atoms with van der Waals surface area (Å²) in [6.45, 7) is 9.23. The standard InChI is InChI=1S/C19H28BF2N3O3/c1-17(2)18(3,4)28-20(27-17)14-11-23-25(12-14)15-5-7-24(8-6-15)16(26)13-9-19(21,22)10-13/h11-13,15H,5-10H2,1-4H3. The summed E-state index contributed by atoms with van der Waals surface area (Å²) in [7, 11) is -0.444. The first-order valence-electron chi connectivity index (χ1n) is 10.0. The number of amides is 1. The lowest BCUT2D eigenvalue weighted by atomic mass is 9.80. The summed E-state index contributed by atoms with van der Waals surface area (Å²) in [5, 5.41) is 4.49. The van der Waals surface area contributed by atoms with Crippen LogP contribution in [0.25, 0.3) is 0 Å². The SMILES string of the molecule is CC1(C)OB(c2cnn(C3CCN(C(=O)C4CC(F)(F)C4)CC3)c2)OC1(C)C. The fourth-order valence-electron chi connectivity index (χ4n) is 4.10. The minimum Gasteiger partial charge on any atom is -0.399 e. The van der Waals surface area contributed by atoms with Gasteiger partial charge < -0.3 is 14.2 Å². The average Bonchev–Trinajstić information content (AvgIpc) is 3.15. The first-order chi connectivity index (χ1) is 13.0. The number of carbonyl (C=O) groups is 1. The Morgan fingerprint density at radius 2 is 1.71 bits per heavy atom. The van der Waals surface area contributed by atoms with E-state index in [0.717, 1.165) is 18.3 Å². The minimum atomic E-state index is -2.66. The summed E-state index contributed by atoms with van der Waals surface area (Å²) in [4.78, 5) is 14.1. The number of carbonyl (C=O) groups excluding carboxylic acids is 1. The monoisotopic (exact) mass is 395 g/mol. The number of nitrogens with zero attached hydrogens (tertiary/aromatic N) is 3. The van der Waals surface area contributed by atoms with Gasteiger partial charge in [-0.3, -0.25) is 9.48 Å². The van der Waals surface area contributed by atoms with E-state index in [-0.39, 0.29) is 24.8 Å². The van der Waals surface area contributed by atoms with Crippen molar-refractivity contribution in [3.8, 4) is 0 Å². The lowest BCUT2D eigenvalue weighted by Gasteiger charge is -2.39. The molecule has 1 amide bonds. The van der Waals surface area contributed by atoms with Crippen LogP contribution in [-0.4, -0.2) is 57.9 Å². The molecule has 28 heavy (non-hydrogen) atoms. The molecule has 3 heterocycles. The molecule has 0 spiro atoms. The maximum Gasteiger partial charge on any atom is 0.498 e. The maximum absolute atomic E-state index is 13.0. The second-order valence-corrected chi connectivity index (χ2v) is 9.36. The van der Waals surface area contributed by atoms with Gasteiger partial charge in [0.05, 0.1) is 17.2 Å². The molecule has 3 fully saturated rings. The highest BCUT2D eigenvalue weighted by atomic mass is 19.3. The molecular formula is C19H28BF2N3O3. The van der Waals surface area contributed by atoms with Crippen LogP contribution < -0.4 is 5.46 Å². The van der Waals surface area contributed by atoms with Crippen molar-refractivity contribution in [1.29, 1.82) is 0 Å². The van der Waals surface area contributed by atoms with Crippen molar-refractivity contribution >= 4 is 18.5 Å². The van der Waals surface area contributed by atoms with E-state index in [1.54, 1.807) is 11.1 Å². The zero-order valence-electron chi connectivity index (χ0n) is 17.0. The molecule has 0 radical (unpaired) electrons. The molecule has 0 unspecified atom stereocenters. The Morgan fingerprint density at radius 1 is 1.14 bits per heavy atom. The molecule has 0 bridgehead atoms. The number of hydrogen-bond acceptors (Lipinski definition) is 4. The Labute approximate surface area is 164 Å². The van der Waals surface area contributed by atoms with Gasteiger partial charge in [0.25, 0.3) is 0 Å². The first-order valence-corrected chi connectivity index (χ1v) is 10.0. The van der Waals surface area contributed by atoms with E-state index in [4.69, 9.17) is 9.31 Å². The van der Waals surface area contributed by atoms with Crippen LogP contribution in [0.3, 0.4) is 0 Å². The number of hydrogen-bond donors (Lipinski definition) is 0. The van der Waals surface area contributed by atoms with Gasteiger partial charge in [-0.25, -0.2) is 8.78 Å². The minimum absolute atomic E-state index is 0.122. The van der Waals surface area contributed by atoms with Crippen molar-refractivity contribution in [2.45, 2.75) is 76.5 Å². The molecule has 1 saturated carbocycles. The fraction of sp³-hybridized carbons (Fsp3) is 0.789. The van der Waals surface area contributed by atoms with Gasteiger partial charge in [0.15, 0.2) is 0 Å². The third kappa shape index (κ3) is 3.47. The molecule has 9 heteroatoms. The van der Waals surface area contributed by atoms with Gasteiger partial charge in [-0.05, 0) is 40.5 Å². The zero-order chi connectivity index (χ0) is 20.3. The predicted octanol–water partition coefficient (Wildman–Crippen LogP) is 2.39. The van der Waals surface area contributed by atoms with Gasteiger partial charge in [0.1, 0.15) is 0 Å². The molecule has 0 N–H and O–H groups in total. The van der Waals surface area contributed by atoms with Crippen molar-refractivity contribution in [2.75, 3.05) is 13.1 Å². The van der Waals surface area contributed by atoms with Gasteiger partial charge in [-0.15, -0.1) is 0 Å². The van der Waals surface area contributed by atoms with Crippen molar-refractivity contribution < 1.29 is 22.9 Å². The summed E-state index contributed by atoms with van der Waals surface area (Å²) in [6, 6.07) is 0.183. The summed E-state index contributed by atoms with van der Waals surface area (Å²) < 4.78 is 40.1. The molecule has 0 aromatic carbocycles. The van der Waals surface area contributed by atoms with E-state index < -0.39 is 30.2 Å². The van der Waals surface area contributed by atoms with Crippen LogP contribution in [0.2, 0.25) is 0 Å². The third-order valence-corrected chi connectivity index (χ3v) is 6.74. The van der Waals surface area contributed by atoms with E-state index in [1.165, 1.54) is 0 Å². The van der Waals surface area contributed by atoms with Gasteiger partial charge in [0.2, 0.25) is 11.8 Å². The molecule has 1 aromatic rings. The molecule has 154 valence electrons. The zero-order valence-corrected chi connectivity index (χ0v) is 17.0. The van der Waals surface area contributed by atoms with Gasteiger partial charge in [-0.1, -0.05) is 0 Å². The Balaban J connectivity index is 1.33. The van der Waals surface area contributed by atoms with E-state index in [2.05, 4.69) is 5.10 Å². The van der Waals surface area contributed by atoms with Crippen LogP contribution >= 0.6 is 0 Å². The molecule has 2 aliphatic heterocycles. The van der Waals surface area contributed by atoms with Crippen LogP contribution in [0.15, 0.2) is 12.4 Å². The highest BCUT2D eigenvalue weighted by Gasteiger charge is 2.52. The van der Waals surface area contributed by atoms with E-state index >= 15 is 0 Å². The Morgan fingerprint density at radius 3 is 2.25 bits per heavy atom. The van der Waals surface area contributed by atoms with Crippen LogP contribution in [0.1, 0.15) is 59.4 Å². The lowest BCUT2D eigenvalue weighted by Crippen LogP contribution is -2.49. The van der Waals surface area contributed by atoms with Crippen molar-refractivity contribution in [3.05, 3.63) is 12.4 Å². The van der Waals surface area contributed by atoms with Crippen LogP contribution in [0, 0.1) is 5.92 Å². The van der Waals surface area contributed by atoms with Gasteiger partial charge in [-0.2, -0.15) is 5.10 Å². The maximum atomic E-state index is 13.0. The van der Waals surface area contributed by atoms with Crippen LogP contribution in [0.5, 0.6) is 0 Å². The summed E-state index contributed by atoms with van der Waals surface area (Å²) in [5.41, 5.74) is 0.0852. The highest BCUT2D eigenvalue weighted by molar-refractivity contribution is 6.62. The van der Waals surface area contributed by atoms with Crippen LogP contribution in [0.4, 0.5) is 8.78 Å². The highest BCUT2D eigenvalue weighted by Crippen LogP contribution is 2.43. The largest absolute Gasteiger partial charge is 0.498 e. The smallest absolute Gasteiger partial charge is 0.399 e. The average molecular weight is 395 g/mol. The number of piperidine rings is 1. The molecule has 6 nitrogen and oxygen atoms in total. The molecule has 0 atom stereocenters. The number of alkyl halides is 2. The number of likely N-dealkylation sites (tertiary alicyclic amines) is 1. The summed E-state index contributed by atoms with van der Waals surface area (Å²) >= 11 is 0. The van der Waals surface area contributed by atoms with E-state index in [9.17, 15) is 13.6 Å². The molecule has 3 aliphatic rings. The quantitative estimate of drug-likeness (QED) is 0.738. The van der Waals surface area contributed by atoms with Crippen molar-refractivity contribution in [2.24, 2.45) is 5.92 Å². The van der Waals surface area contributed by atoms with Gasteiger partial charge in [0, 0.05) is 49.7 Å². The summed E-state index contributed by atoms with van der Waals surface area (Å²) in [6.07, 6.45) is 4.65. The molecule has 1 aromatic heterocycles. The summed E-state index contributed by atoms with van der Waals surface area (Å²) in [5.74, 6) is -3.29. The second kappa shape index (κ2) is 6.52. The van der Waals surface area contributed by atoms with E-state index in [0.29, 0.717) is 13.1 Å². The number of aromatic nitrogens is 2. The Bertz CT molecular complexity index is 735. The molecular weight excluding hydrogens is 367 g/mol. The van der Waals surface area contributed by atoms with Crippen molar-refractivity contribution in [1.82, 2.24) is 14.7 Å². The van der Waals surface area contributed by atoms with Crippen LogP contribution in [-0.2, 0) is 14.1 Å². The number of halogens is 2. The molecule has 2 saturated heterocycles. The molecule has 1 aliphatic carbocycles. The fourth-order valence-corrected chi connectivity index (χ4v) is 4.10. The van der Waals surface area contributed by atoms with Crippen molar-refractivity contribution in [3.63, 3.8) is 0 Å². The third-order valence-electron chi connectivity index (χ3n) is 6.74. The van der Waals surface area contributed by atoms with Gasteiger partial charge >= 0.3 is 7.12 Å². The Hall–Kier alpha value is -1.48.